The summed E-state index contributed by atoms with van der Waals surface area (Å²) in [4.78, 5) is 15.0. The minimum absolute atomic E-state index is 0.0443. The maximum absolute atomic E-state index is 13.0. The van der Waals surface area contributed by atoms with E-state index in [9.17, 15) is 13.2 Å². The van der Waals surface area contributed by atoms with Crippen LogP contribution in [-0.4, -0.2) is 20.4 Å². The molecule has 1 amide bonds. The number of amides is 1. The van der Waals surface area contributed by atoms with E-state index in [1.807, 2.05) is 37.3 Å². The van der Waals surface area contributed by atoms with Gasteiger partial charge in [-0.1, -0.05) is 44.2 Å². The molecular weight excluding hydrogens is 408 g/mol. The molecule has 3 aromatic rings. The number of hydrogen-bond donors (Lipinski definition) is 1. The molecule has 0 unspecified atom stereocenters. The van der Waals surface area contributed by atoms with Gasteiger partial charge >= 0.3 is 0 Å². The van der Waals surface area contributed by atoms with Crippen LogP contribution < -0.4 is 9.62 Å². The van der Waals surface area contributed by atoms with Crippen LogP contribution in [0.5, 0.6) is 0 Å². The first kappa shape index (κ1) is 21.1. The lowest BCUT2D eigenvalue weighted by Gasteiger charge is -2.23. The van der Waals surface area contributed by atoms with Gasteiger partial charge in [0.15, 0.2) is 0 Å². The van der Waals surface area contributed by atoms with Gasteiger partial charge in [0, 0.05) is 23.0 Å². The molecule has 0 saturated carbocycles. The molecule has 1 aliphatic heterocycles. The fraction of sp³-hybridized carbons (Fsp3) is 0.240. The number of carbonyl (C=O) groups excluding carboxylic acids is 1. The highest BCUT2D eigenvalue weighted by Crippen LogP contribution is 2.35. The number of carbonyl (C=O) groups is 1. The maximum atomic E-state index is 13.0. The van der Waals surface area contributed by atoms with Gasteiger partial charge in [-0.3, -0.25) is 9.52 Å². The van der Waals surface area contributed by atoms with Crippen LogP contribution in [0.25, 0.3) is 0 Å². The van der Waals surface area contributed by atoms with Crippen molar-refractivity contribution in [1.82, 2.24) is 0 Å². The summed E-state index contributed by atoms with van der Waals surface area (Å²) in [5.41, 5.74) is 3.92. The molecule has 160 valence electrons. The van der Waals surface area contributed by atoms with Crippen molar-refractivity contribution in [2.45, 2.75) is 44.0 Å². The second-order valence-corrected chi connectivity index (χ2v) is 9.95. The van der Waals surface area contributed by atoms with Crippen molar-refractivity contribution in [3.63, 3.8) is 0 Å². The molecule has 0 radical (unpaired) electrons. The van der Waals surface area contributed by atoms with E-state index >= 15 is 0 Å². The Bertz CT molecular complexity index is 1200. The Kier molecular flexibility index (Phi) is 5.58. The third-order valence-electron chi connectivity index (χ3n) is 5.65. The summed E-state index contributed by atoms with van der Waals surface area (Å²) in [6.45, 7) is 6.16. The van der Waals surface area contributed by atoms with Gasteiger partial charge in [0.2, 0.25) is 0 Å². The number of nitrogens with one attached hydrogen (secondary N) is 1. The highest BCUT2D eigenvalue weighted by atomic mass is 32.2. The van der Waals surface area contributed by atoms with Gasteiger partial charge in [-0.2, -0.15) is 0 Å². The second-order valence-electron chi connectivity index (χ2n) is 8.27. The molecule has 4 rings (SSSR count). The van der Waals surface area contributed by atoms with Gasteiger partial charge in [-0.15, -0.1) is 0 Å². The van der Waals surface area contributed by atoms with Crippen molar-refractivity contribution in [2.75, 3.05) is 9.62 Å². The Balaban J connectivity index is 1.59. The van der Waals surface area contributed by atoms with Crippen LogP contribution >= 0.6 is 0 Å². The molecule has 0 bridgehead atoms. The summed E-state index contributed by atoms with van der Waals surface area (Å²) < 4.78 is 28.5. The molecular formula is C25H26N2O3S. The van der Waals surface area contributed by atoms with E-state index in [0.717, 1.165) is 16.8 Å². The molecule has 0 spiro atoms. The molecule has 0 aromatic heterocycles. The van der Waals surface area contributed by atoms with Crippen molar-refractivity contribution in [3.05, 3.63) is 89.5 Å². The molecule has 0 aliphatic carbocycles. The van der Waals surface area contributed by atoms with E-state index in [-0.39, 0.29) is 16.8 Å². The summed E-state index contributed by atoms with van der Waals surface area (Å²) in [6.07, 6.45) is 0.611. The highest BCUT2D eigenvalue weighted by Gasteiger charge is 2.32. The number of rotatable bonds is 5. The first-order valence-corrected chi connectivity index (χ1v) is 11.9. The fourth-order valence-corrected chi connectivity index (χ4v) is 5.06. The van der Waals surface area contributed by atoms with Crippen molar-refractivity contribution < 1.29 is 13.2 Å². The lowest BCUT2D eigenvalue weighted by molar-refractivity contribution is 0.0981. The number of anilines is 2. The average molecular weight is 435 g/mol. The zero-order chi connectivity index (χ0) is 22.2. The minimum atomic E-state index is -3.73. The van der Waals surface area contributed by atoms with E-state index in [1.165, 1.54) is 0 Å². The zero-order valence-electron chi connectivity index (χ0n) is 17.9. The Morgan fingerprint density at radius 2 is 1.68 bits per heavy atom. The molecule has 0 fully saturated rings. The van der Waals surface area contributed by atoms with E-state index in [1.54, 1.807) is 47.4 Å². The van der Waals surface area contributed by atoms with Crippen molar-refractivity contribution in [1.29, 1.82) is 0 Å². The zero-order valence-corrected chi connectivity index (χ0v) is 18.7. The van der Waals surface area contributed by atoms with Gasteiger partial charge in [0.25, 0.3) is 15.9 Å². The molecule has 1 heterocycles. The number of benzene rings is 3. The third kappa shape index (κ3) is 4.21. The van der Waals surface area contributed by atoms with Crippen LogP contribution in [0.1, 0.15) is 48.2 Å². The number of nitrogens with zero attached hydrogens (tertiary/aromatic N) is 1. The van der Waals surface area contributed by atoms with Gasteiger partial charge < -0.3 is 4.90 Å². The van der Waals surface area contributed by atoms with Crippen LogP contribution in [-0.2, 0) is 16.4 Å². The molecule has 1 N–H and O–H groups in total. The lowest BCUT2D eigenvalue weighted by atomic mass is 10.0. The van der Waals surface area contributed by atoms with Crippen molar-refractivity contribution in [2.24, 2.45) is 0 Å². The predicted octanol–water partition coefficient (Wildman–Crippen LogP) is 5.20. The predicted molar refractivity (Wildman–Crippen MR) is 124 cm³/mol. The molecule has 0 saturated heterocycles. The van der Waals surface area contributed by atoms with Crippen LogP contribution in [0.15, 0.2) is 77.7 Å². The van der Waals surface area contributed by atoms with Crippen LogP contribution in [0.4, 0.5) is 11.4 Å². The smallest absolute Gasteiger partial charge is 0.261 e. The van der Waals surface area contributed by atoms with Gasteiger partial charge in [0.1, 0.15) is 0 Å². The third-order valence-corrected chi connectivity index (χ3v) is 7.02. The topological polar surface area (TPSA) is 66.5 Å². The average Bonchev–Trinajstić information content (AvgIpc) is 3.08. The van der Waals surface area contributed by atoms with E-state index in [0.29, 0.717) is 23.6 Å². The second kappa shape index (κ2) is 8.19. The Labute approximate surface area is 183 Å². The standard InChI is InChI=1S/C25H26N2O3S/c1-17(2)19-9-11-22(12-10-19)26-31(29,30)23-13-14-24-21(16-23)15-18(3)27(24)25(28)20-7-5-4-6-8-20/h4-14,16-18,26H,15H2,1-3H3/t18-/m1/s1. The Morgan fingerprint density at radius 3 is 2.32 bits per heavy atom. The van der Waals surface area contributed by atoms with Gasteiger partial charge in [-0.25, -0.2) is 8.42 Å². The fourth-order valence-electron chi connectivity index (χ4n) is 3.95. The summed E-state index contributed by atoms with van der Waals surface area (Å²) in [6, 6.07) is 21.5. The molecule has 3 aromatic carbocycles. The van der Waals surface area contributed by atoms with Crippen LogP contribution in [0, 0.1) is 0 Å². The van der Waals surface area contributed by atoms with Gasteiger partial charge in [0.05, 0.1) is 4.90 Å². The molecule has 6 heteroatoms. The normalized spacial score (nSPS) is 15.7. The maximum Gasteiger partial charge on any atom is 0.261 e. The van der Waals surface area contributed by atoms with Crippen molar-refractivity contribution >= 4 is 27.3 Å². The number of sulfonamides is 1. The molecule has 1 aliphatic rings. The Hall–Kier alpha value is -3.12. The first-order chi connectivity index (χ1) is 14.8. The number of fused-ring (bicyclic) bond motifs is 1. The quantitative estimate of drug-likeness (QED) is 0.600. The highest BCUT2D eigenvalue weighted by molar-refractivity contribution is 7.92. The van der Waals surface area contributed by atoms with Gasteiger partial charge in [-0.05, 0) is 72.9 Å². The monoisotopic (exact) mass is 434 g/mol. The summed E-state index contributed by atoms with van der Waals surface area (Å²) >= 11 is 0. The SMILES string of the molecule is CC(C)c1ccc(NS(=O)(=O)c2ccc3c(c2)C[C@@H](C)N3C(=O)c2ccccc2)cc1. The van der Waals surface area contributed by atoms with E-state index in [2.05, 4.69) is 18.6 Å². The molecule has 5 nitrogen and oxygen atoms in total. The molecule has 1 atom stereocenters. The number of hydrogen-bond acceptors (Lipinski definition) is 3. The summed E-state index contributed by atoms with van der Waals surface area (Å²) in [5, 5.41) is 0. The van der Waals surface area contributed by atoms with E-state index < -0.39 is 10.0 Å². The summed E-state index contributed by atoms with van der Waals surface area (Å²) in [5.74, 6) is 0.303. The summed E-state index contributed by atoms with van der Waals surface area (Å²) in [7, 11) is -3.73. The minimum Gasteiger partial charge on any atom is -0.305 e. The Morgan fingerprint density at radius 1 is 1.00 bits per heavy atom. The van der Waals surface area contributed by atoms with Crippen molar-refractivity contribution in [3.8, 4) is 0 Å². The van der Waals surface area contributed by atoms with E-state index in [4.69, 9.17) is 0 Å². The van der Waals surface area contributed by atoms with Crippen LogP contribution in [0.3, 0.4) is 0 Å². The molecule has 31 heavy (non-hydrogen) atoms. The lowest BCUT2D eigenvalue weighted by Crippen LogP contribution is -2.35. The first-order valence-electron chi connectivity index (χ1n) is 10.4. The largest absolute Gasteiger partial charge is 0.305 e. The van der Waals surface area contributed by atoms with Crippen LogP contribution in [0.2, 0.25) is 0 Å².